The summed E-state index contributed by atoms with van der Waals surface area (Å²) in [6.45, 7) is 0.955. The van der Waals surface area contributed by atoms with Gasteiger partial charge < -0.3 is 20.5 Å². The van der Waals surface area contributed by atoms with Gasteiger partial charge in [0.1, 0.15) is 5.75 Å². The molecule has 3 N–H and O–H groups in total. The number of nitrogens with two attached hydrogens (primary N) is 1. The van der Waals surface area contributed by atoms with Gasteiger partial charge in [0.2, 0.25) is 0 Å². The van der Waals surface area contributed by atoms with Crippen molar-refractivity contribution in [1.29, 1.82) is 0 Å². The molecule has 0 spiro atoms. The van der Waals surface area contributed by atoms with Crippen LogP contribution in [0.4, 0.5) is 5.69 Å². The van der Waals surface area contributed by atoms with Crippen LogP contribution >= 0.6 is 0 Å². The monoisotopic (exact) mass is 236 g/mol. The van der Waals surface area contributed by atoms with Crippen LogP contribution in [0.1, 0.15) is 17.9 Å². The van der Waals surface area contributed by atoms with Crippen molar-refractivity contribution in [3.05, 3.63) is 23.8 Å². The fraction of sp³-hybridized carbons (Fsp3) is 0.538. The molecular weight excluding hydrogens is 216 g/mol. The molecule has 1 aliphatic heterocycles. The smallest absolute Gasteiger partial charge is 0.142 e. The lowest BCUT2D eigenvalue weighted by Crippen LogP contribution is -2.38. The predicted octanol–water partition coefficient (Wildman–Crippen LogP) is 0.938. The van der Waals surface area contributed by atoms with Gasteiger partial charge in [0.05, 0.1) is 19.4 Å². The van der Waals surface area contributed by atoms with Gasteiger partial charge in [-0.15, -0.1) is 0 Å². The molecule has 2 rings (SSSR count). The summed E-state index contributed by atoms with van der Waals surface area (Å²) in [7, 11) is 3.74. The molecule has 0 aliphatic carbocycles. The summed E-state index contributed by atoms with van der Waals surface area (Å²) in [5.41, 5.74) is 8.28. The number of hydrogen-bond acceptors (Lipinski definition) is 4. The third-order valence-electron chi connectivity index (χ3n) is 3.53. The third kappa shape index (κ3) is 2.10. The van der Waals surface area contributed by atoms with Gasteiger partial charge in [-0.05, 0) is 18.1 Å². The van der Waals surface area contributed by atoms with Gasteiger partial charge >= 0.3 is 0 Å². The van der Waals surface area contributed by atoms with Crippen LogP contribution in [0, 0.1) is 0 Å². The summed E-state index contributed by atoms with van der Waals surface area (Å²) in [5.74, 6) is 1.08. The van der Waals surface area contributed by atoms with Gasteiger partial charge in [-0.2, -0.15) is 0 Å². The number of hydrogen-bond donors (Lipinski definition) is 2. The topological polar surface area (TPSA) is 58.7 Å². The Bertz CT molecular complexity index is 395. The summed E-state index contributed by atoms with van der Waals surface area (Å²) in [6.07, 6.45) is 0.971. The minimum Gasteiger partial charge on any atom is -0.495 e. The normalized spacial score (nSPS) is 20.9. The molecule has 1 heterocycles. The Morgan fingerprint density at radius 2 is 2.35 bits per heavy atom. The average Bonchev–Trinajstić information content (AvgIpc) is 2.37. The van der Waals surface area contributed by atoms with Crippen LogP contribution in [-0.2, 0) is 0 Å². The molecule has 0 aromatic heterocycles. The maximum Gasteiger partial charge on any atom is 0.142 e. The van der Waals surface area contributed by atoms with Crippen molar-refractivity contribution in [3.8, 4) is 5.75 Å². The fourth-order valence-corrected chi connectivity index (χ4v) is 2.58. The number of fused-ring (bicyclic) bond motifs is 1. The maximum atomic E-state index is 9.24. The molecule has 1 aromatic carbocycles. The van der Waals surface area contributed by atoms with Crippen LogP contribution in [0.2, 0.25) is 0 Å². The van der Waals surface area contributed by atoms with Crippen LogP contribution < -0.4 is 15.4 Å². The Hall–Kier alpha value is -1.26. The van der Waals surface area contributed by atoms with Gasteiger partial charge in [-0.3, -0.25) is 0 Å². The molecule has 2 atom stereocenters. The Morgan fingerprint density at radius 3 is 3.00 bits per heavy atom. The number of anilines is 1. The molecule has 0 saturated carbocycles. The molecular formula is C13H20N2O2. The molecule has 94 valence electrons. The summed E-state index contributed by atoms with van der Waals surface area (Å²) in [6, 6.07) is 5.82. The maximum absolute atomic E-state index is 9.24. The Morgan fingerprint density at radius 1 is 1.59 bits per heavy atom. The Labute approximate surface area is 102 Å². The zero-order valence-corrected chi connectivity index (χ0v) is 10.4. The second-order valence-electron chi connectivity index (χ2n) is 4.56. The van der Waals surface area contributed by atoms with Crippen molar-refractivity contribution < 1.29 is 9.84 Å². The molecule has 4 heteroatoms. The van der Waals surface area contributed by atoms with Crippen molar-refractivity contribution >= 4 is 5.69 Å². The molecule has 0 saturated heterocycles. The van der Waals surface area contributed by atoms with Crippen LogP contribution in [-0.4, -0.2) is 38.5 Å². The van der Waals surface area contributed by atoms with E-state index in [1.54, 1.807) is 7.11 Å². The summed E-state index contributed by atoms with van der Waals surface area (Å²) in [4.78, 5) is 2.19. The van der Waals surface area contributed by atoms with Crippen LogP contribution in [0.5, 0.6) is 5.75 Å². The number of methoxy groups -OCH3 is 1. The number of aliphatic hydroxyl groups excluding tert-OH is 1. The molecule has 0 bridgehead atoms. The highest BCUT2D eigenvalue weighted by atomic mass is 16.5. The largest absolute Gasteiger partial charge is 0.495 e. The number of rotatable bonds is 3. The van der Waals surface area contributed by atoms with E-state index in [1.165, 1.54) is 5.56 Å². The summed E-state index contributed by atoms with van der Waals surface area (Å²) in [5, 5.41) is 9.24. The first-order chi connectivity index (χ1) is 8.19. The number of para-hydroxylation sites is 1. The minimum atomic E-state index is -0.199. The molecule has 0 amide bonds. The molecule has 17 heavy (non-hydrogen) atoms. The molecule has 1 aromatic rings. The fourth-order valence-electron chi connectivity index (χ4n) is 2.58. The number of ether oxygens (including phenoxy) is 1. The van der Waals surface area contributed by atoms with E-state index in [0.29, 0.717) is 0 Å². The van der Waals surface area contributed by atoms with E-state index in [0.717, 1.165) is 24.4 Å². The van der Waals surface area contributed by atoms with Crippen molar-refractivity contribution in [1.82, 2.24) is 0 Å². The summed E-state index contributed by atoms with van der Waals surface area (Å²) >= 11 is 0. The average molecular weight is 236 g/mol. The van der Waals surface area contributed by atoms with E-state index in [-0.39, 0.29) is 18.6 Å². The molecule has 0 radical (unpaired) electrons. The van der Waals surface area contributed by atoms with Crippen LogP contribution in [0.25, 0.3) is 0 Å². The van der Waals surface area contributed by atoms with Gasteiger partial charge in [0.25, 0.3) is 0 Å². The number of nitrogens with zero attached hydrogens (tertiary/aromatic N) is 1. The van der Waals surface area contributed by atoms with Crippen LogP contribution in [0.3, 0.4) is 0 Å². The van der Waals surface area contributed by atoms with E-state index in [9.17, 15) is 5.11 Å². The predicted molar refractivity (Wildman–Crippen MR) is 68.7 cm³/mol. The molecule has 0 fully saturated rings. The molecule has 1 aliphatic rings. The van der Waals surface area contributed by atoms with Crippen molar-refractivity contribution in [2.75, 3.05) is 32.2 Å². The number of benzene rings is 1. The van der Waals surface area contributed by atoms with E-state index in [2.05, 4.69) is 18.0 Å². The highest BCUT2D eigenvalue weighted by Gasteiger charge is 2.29. The van der Waals surface area contributed by atoms with Gasteiger partial charge in [-0.1, -0.05) is 12.1 Å². The van der Waals surface area contributed by atoms with Crippen molar-refractivity contribution in [2.45, 2.75) is 18.4 Å². The number of aliphatic hydroxyl groups is 1. The highest BCUT2D eigenvalue weighted by molar-refractivity contribution is 5.66. The zero-order valence-electron chi connectivity index (χ0n) is 10.4. The Balaban J connectivity index is 2.46. The first-order valence-corrected chi connectivity index (χ1v) is 5.93. The lowest BCUT2D eigenvalue weighted by Gasteiger charge is -2.36. The third-order valence-corrected chi connectivity index (χ3v) is 3.53. The first kappa shape index (κ1) is 12.2. The second-order valence-corrected chi connectivity index (χ2v) is 4.56. The zero-order chi connectivity index (χ0) is 12.4. The molecule has 2 unspecified atom stereocenters. The first-order valence-electron chi connectivity index (χ1n) is 5.93. The quantitative estimate of drug-likeness (QED) is 0.820. The van der Waals surface area contributed by atoms with Gasteiger partial charge in [0.15, 0.2) is 0 Å². The lowest BCUT2D eigenvalue weighted by molar-refractivity contribution is 0.244. The van der Waals surface area contributed by atoms with E-state index < -0.39 is 0 Å². The van der Waals surface area contributed by atoms with Crippen molar-refractivity contribution in [3.63, 3.8) is 0 Å². The standard InChI is InChI=1S/C13H20N2O2/c1-15-7-6-9(11(14)8-16)10-4-3-5-12(17-2)13(10)15/h3-5,9,11,16H,6-8,14H2,1-2H3. The second kappa shape index (κ2) is 4.94. The highest BCUT2D eigenvalue weighted by Crippen LogP contribution is 2.41. The van der Waals surface area contributed by atoms with E-state index in [1.807, 2.05) is 12.1 Å². The lowest BCUT2D eigenvalue weighted by atomic mass is 9.85. The summed E-state index contributed by atoms with van der Waals surface area (Å²) < 4.78 is 5.40. The van der Waals surface area contributed by atoms with Crippen LogP contribution in [0.15, 0.2) is 18.2 Å². The Kier molecular flexibility index (Phi) is 3.54. The van der Waals surface area contributed by atoms with Gasteiger partial charge in [0, 0.05) is 25.6 Å². The van der Waals surface area contributed by atoms with E-state index >= 15 is 0 Å². The SMILES string of the molecule is COc1cccc2c1N(C)CCC2C(N)CO. The minimum absolute atomic E-state index is 0.0189. The van der Waals surface area contributed by atoms with E-state index in [4.69, 9.17) is 10.5 Å². The molecule has 4 nitrogen and oxygen atoms in total. The van der Waals surface area contributed by atoms with Crippen molar-refractivity contribution in [2.24, 2.45) is 5.73 Å². The van der Waals surface area contributed by atoms with Gasteiger partial charge in [-0.25, -0.2) is 0 Å².